The van der Waals surface area contributed by atoms with Crippen molar-refractivity contribution in [2.45, 2.75) is 78.3 Å². The molecular formula is C18H29N5O. The molecule has 2 N–H and O–H groups in total. The van der Waals surface area contributed by atoms with Gasteiger partial charge in [0.1, 0.15) is 0 Å². The summed E-state index contributed by atoms with van der Waals surface area (Å²) in [5.74, 6) is 1.94. The molecule has 2 heterocycles. The highest BCUT2D eigenvalue weighted by molar-refractivity contribution is 5.25. The largest absolute Gasteiger partial charge is 0.339 e. The second-order valence-corrected chi connectivity index (χ2v) is 7.60. The molecule has 0 unspecified atom stereocenters. The lowest BCUT2D eigenvalue weighted by atomic mass is 9.99. The van der Waals surface area contributed by atoms with Crippen molar-refractivity contribution in [3.8, 4) is 0 Å². The van der Waals surface area contributed by atoms with Crippen molar-refractivity contribution in [1.29, 1.82) is 0 Å². The highest BCUT2D eigenvalue weighted by Crippen LogP contribution is 2.34. The smallest absolute Gasteiger partial charge is 0.227 e. The standard InChI is InChI=1S/C18H29N5O/c1-12(2)11-23-14(4)15(13(3)21-23)7-8-16-20-17(22-24-16)18(19)9-5-6-10-18/h12H,5-11,19H2,1-4H3. The monoisotopic (exact) mass is 331 g/mol. The Morgan fingerprint density at radius 2 is 1.92 bits per heavy atom. The van der Waals surface area contributed by atoms with Crippen LogP contribution in [0.5, 0.6) is 0 Å². The first-order valence-electron chi connectivity index (χ1n) is 9.04. The van der Waals surface area contributed by atoms with Crippen LogP contribution in [0.25, 0.3) is 0 Å². The van der Waals surface area contributed by atoms with E-state index in [-0.39, 0.29) is 5.54 Å². The summed E-state index contributed by atoms with van der Waals surface area (Å²) in [6.07, 6.45) is 5.80. The Morgan fingerprint density at radius 1 is 1.21 bits per heavy atom. The third kappa shape index (κ3) is 3.38. The first-order valence-corrected chi connectivity index (χ1v) is 9.04. The fraction of sp³-hybridized carbons (Fsp3) is 0.722. The number of nitrogens with two attached hydrogens (primary N) is 1. The van der Waals surface area contributed by atoms with E-state index in [1.54, 1.807) is 0 Å². The molecule has 0 aromatic carbocycles. The second kappa shape index (κ2) is 6.67. The van der Waals surface area contributed by atoms with Crippen LogP contribution in [0.2, 0.25) is 0 Å². The topological polar surface area (TPSA) is 82.8 Å². The minimum absolute atomic E-state index is 0.379. The summed E-state index contributed by atoms with van der Waals surface area (Å²) in [6.45, 7) is 9.59. The van der Waals surface area contributed by atoms with Crippen LogP contribution in [0.3, 0.4) is 0 Å². The number of aryl methyl sites for hydroxylation is 2. The van der Waals surface area contributed by atoms with E-state index >= 15 is 0 Å². The van der Waals surface area contributed by atoms with Gasteiger partial charge in [-0.25, -0.2) is 0 Å². The van der Waals surface area contributed by atoms with Crippen molar-refractivity contribution in [2.24, 2.45) is 11.7 Å². The van der Waals surface area contributed by atoms with Gasteiger partial charge in [-0.05, 0) is 44.6 Å². The molecule has 6 nitrogen and oxygen atoms in total. The minimum Gasteiger partial charge on any atom is -0.339 e. The van der Waals surface area contributed by atoms with E-state index in [1.807, 2.05) is 0 Å². The van der Waals surface area contributed by atoms with Crippen LogP contribution in [-0.2, 0) is 24.9 Å². The quantitative estimate of drug-likeness (QED) is 0.879. The molecule has 1 fully saturated rings. The van der Waals surface area contributed by atoms with Gasteiger partial charge < -0.3 is 10.3 Å². The van der Waals surface area contributed by atoms with Gasteiger partial charge in [0, 0.05) is 18.7 Å². The lowest BCUT2D eigenvalue weighted by Crippen LogP contribution is -2.34. The van der Waals surface area contributed by atoms with E-state index in [0.29, 0.717) is 17.6 Å². The Labute approximate surface area is 143 Å². The molecule has 2 aromatic heterocycles. The second-order valence-electron chi connectivity index (χ2n) is 7.60. The van der Waals surface area contributed by atoms with Crippen molar-refractivity contribution in [1.82, 2.24) is 19.9 Å². The number of hydrogen-bond donors (Lipinski definition) is 1. The Hall–Kier alpha value is -1.69. The number of nitrogens with zero attached hydrogens (tertiary/aromatic N) is 4. The molecule has 0 aliphatic heterocycles. The van der Waals surface area contributed by atoms with E-state index in [4.69, 9.17) is 10.3 Å². The molecule has 0 atom stereocenters. The van der Waals surface area contributed by atoms with Crippen LogP contribution in [0.4, 0.5) is 0 Å². The van der Waals surface area contributed by atoms with Crippen molar-refractivity contribution < 1.29 is 4.52 Å². The molecule has 3 rings (SSSR count). The summed E-state index contributed by atoms with van der Waals surface area (Å²) >= 11 is 0. The van der Waals surface area contributed by atoms with Gasteiger partial charge in [0.05, 0.1) is 11.2 Å². The number of hydrogen-bond acceptors (Lipinski definition) is 5. The third-order valence-corrected chi connectivity index (χ3v) is 5.07. The van der Waals surface area contributed by atoms with Crippen LogP contribution in [0, 0.1) is 19.8 Å². The number of aromatic nitrogens is 4. The zero-order valence-corrected chi connectivity index (χ0v) is 15.3. The highest BCUT2D eigenvalue weighted by atomic mass is 16.5. The van der Waals surface area contributed by atoms with Gasteiger partial charge >= 0.3 is 0 Å². The van der Waals surface area contributed by atoms with Gasteiger partial charge in [-0.2, -0.15) is 10.1 Å². The molecule has 132 valence electrons. The molecule has 0 radical (unpaired) electrons. The molecule has 2 aromatic rings. The molecule has 1 saturated carbocycles. The third-order valence-electron chi connectivity index (χ3n) is 5.07. The molecule has 24 heavy (non-hydrogen) atoms. The normalized spacial score (nSPS) is 17.1. The van der Waals surface area contributed by atoms with Gasteiger partial charge in [-0.1, -0.05) is 31.8 Å². The van der Waals surface area contributed by atoms with E-state index in [1.165, 1.54) is 11.3 Å². The lowest BCUT2D eigenvalue weighted by molar-refractivity contribution is 0.348. The Bertz CT molecular complexity index is 694. The lowest BCUT2D eigenvalue weighted by Gasteiger charge is -2.17. The summed E-state index contributed by atoms with van der Waals surface area (Å²) < 4.78 is 7.56. The molecule has 1 aliphatic carbocycles. The Morgan fingerprint density at radius 3 is 2.58 bits per heavy atom. The first kappa shape index (κ1) is 17.1. The SMILES string of the molecule is Cc1nn(CC(C)C)c(C)c1CCc1nc(C2(N)CCCC2)no1. The van der Waals surface area contributed by atoms with Gasteiger partial charge in [0.2, 0.25) is 5.89 Å². The molecule has 6 heteroatoms. The Kier molecular flexibility index (Phi) is 4.76. The zero-order chi connectivity index (χ0) is 17.3. The predicted octanol–water partition coefficient (Wildman–Crippen LogP) is 3.05. The molecular weight excluding hydrogens is 302 g/mol. The van der Waals surface area contributed by atoms with E-state index < -0.39 is 0 Å². The van der Waals surface area contributed by atoms with Crippen molar-refractivity contribution >= 4 is 0 Å². The molecule has 0 amide bonds. The minimum atomic E-state index is -0.379. The van der Waals surface area contributed by atoms with Gasteiger partial charge in [-0.3, -0.25) is 4.68 Å². The first-order chi connectivity index (χ1) is 11.4. The van der Waals surface area contributed by atoms with Crippen molar-refractivity contribution in [3.05, 3.63) is 28.7 Å². The van der Waals surface area contributed by atoms with Crippen LogP contribution >= 0.6 is 0 Å². The van der Waals surface area contributed by atoms with Gasteiger partial charge in [0.15, 0.2) is 5.82 Å². The number of rotatable bonds is 6. The van der Waals surface area contributed by atoms with Gasteiger partial charge in [-0.15, -0.1) is 0 Å². The maximum Gasteiger partial charge on any atom is 0.227 e. The summed E-state index contributed by atoms with van der Waals surface area (Å²) in [5, 5.41) is 8.81. The predicted molar refractivity (Wildman–Crippen MR) is 92.6 cm³/mol. The summed E-state index contributed by atoms with van der Waals surface area (Å²) in [6, 6.07) is 0. The molecule has 0 spiro atoms. The Balaban J connectivity index is 1.68. The van der Waals surface area contributed by atoms with Crippen molar-refractivity contribution in [3.63, 3.8) is 0 Å². The fourth-order valence-corrected chi connectivity index (χ4v) is 3.64. The van der Waals surface area contributed by atoms with E-state index in [0.717, 1.165) is 50.8 Å². The fourth-order valence-electron chi connectivity index (χ4n) is 3.64. The highest BCUT2D eigenvalue weighted by Gasteiger charge is 2.35. The van der Waals surface area contributed by atoms with Crippen LogP contribution in [0.1, 0.15) is 68.2 Å². The maximum atomic E-state index is 6.40. The average Bonchev–Trinajstić information content (AvgIpc) is 3.20. The molecule has 0 bridgehead atoms. The van der Waals surface area contributed by atoms with E-state index in [2.05, 4.69) is 47.6 Å². The van der Waals surface area contributed by atoms with Gasteiger partial charge in [0.25, 0.3) is 0 Å². The zero-order valence-electron chi connectivity index (χ0n) is 15.3. The van der Waals surface area contributed by atoms with Crippen LogP contribution in [-0.4, -0.2) is 19.9 Å². The summed E-state index contributed by atoms with van der Waals surface area (Å²) in [4.78, 5) is 4.56. The molecule has 0 saturated heterocycles. The van der Waals surface area contributed by atoms with Crippen LogP contribution < -0.4 is 5.73 Å². The van der Waals surface area contributed by atoms with Crippen LogP contribution in [0.15, 0.2) is 4.52 Å². The maximum absolute atomic E-state index is 6.40. The molecule has 1 aliphatic rings. The average molecular weight is 331 g/mol. The summed E-state index contributed by atoms with van der Waals surface area (Å²) in [5.41, 5.74) is 9.65. The van der Waals surface area contributed by atoms with Crippen molar-refractivity contribution in [2.75, 3.05) is 0 Å². The summed E-state index contributed by atoms with van der Waals surface area (Å²) in [7, 11) is 0. The van der Waals surface area contributed by atoms with E-state index in [9.17, 15) is 0 Å².